The summed E-state index contributed by atoms with van der Waals surface area (Å²) in [5.41, 5.74) is -0.698. The van der Waals surface area contributed by atoms with Crippen LogP contribution >= 0.6 is 0 Å². The minimum atomic E-state index is -3.14. The second-order valence-corrected chi connectivity index (χ2v) is 8.50. The molecule has 0 aromatic carbocycles. The maximum Gasteiger partial charge on any atom is 0.225 e. The molecule has 0 saturated carbocycles. The van der Waals surface area contributed by atoms with E-state index >= 15 is 0 Å². The molecule has 6 nitrogen and oxygen atoms in total. The van der Waals surface area contributed by atoms with Crippen LogP contribution in [0.3, 0.4) is 0 Å². The van der Waals surface area contributed by atoms with Gasteiger partial charge in [0.25, 0.3) is 0 Å². The van der Waals surface area contributed by atoms with Crippen LogP contribution in [0.5, 0.6) is 0 Å². The summed E-state index contributed by atoms with van der Waals surface area (Å²) in [6.07, 6.45) is 2.80. The molecule has 1 N–H and O–H groups in total. The van der Waals surface area contributed by atoms with E-state index in [1.54, 1.807) is 11.8 Å². The highest BCUT2D eigenvalue weighted by Gasteiger charge is 2.44. The molecule has 2 saturated heterocycles. The Balaban J connectivity index is 1.82. The van der Waals surface area contributed by atoms with Gasteiger partial charge in [0.1, 0.15) is 0 Å². The number of piperidine rings is 1. The first-order chi connectivity index (χ1) is 9.81. The third-order valence-electron chi connectivity index (χ3n) is 4.56. The van der Waals surface area contributed by atoms with Crippen LogP contribution in [0.2, 0.25) is 0 Å². The number of carbonyl (C=O) groups is 1. The van der Waals surface area contributed by atoms with Crippen LogP contribution in [0, 0.1) is 5.92 Å². The maximum absolute atomic E-state index is 12.3. The van der Waals surface area contributed by atoms with Gasteiger partial charge in [-0.15, -0.1) is 0 Å². The zero-order valence-corrected chi connectivity index (χ0v) is 13.7. The molecule has 0 aromatic rings. The Hall–Kier alpha value is -0.660. The summed E-state index contributed by atoms with van der Waals surface area (Å²) in [5.74, 6) is 0.0886. The second-order valence-electron chi connectivity index (χ2n) is 6.24. The standard InChI is InChI=1S/C14H26N2O4S/c1-3-7-14(18)10-15(11-14)13(17)12-5-8-16(9-6-12)21(19,20)4-2/h12,18H,3-11H2,1-2H3. The first-order valence-electron chi connectivity index (χ1n) is 7.80. The molecule has 2 rings (SSSR count). The molecule has 1 amide bonds. The number of carbonyl (C=O) groups excluding carboxylic acids is 1. The number of sulfonamides is 1. The van der Waals surface area contributed by atoms with Gasteiger partial charge in [0.15, 0.2) is 0 Å². The smallest absolute Gasteiger partial charge is 0.225 e. The summed E-state index contributed by atoms with van der Waals surface area (Å²) in [6.45, 7) is 5.37. The SMILES string of the molecule is CCCC1(O)CN(C(=O)C2CCN(S(=O)(=O)CC)CC2)C1. The first kappa shape index (κ1) is 16.7. The van der Waals surface area contributed by atoms with Gasteiger partial charge < -0.3 is 10.0 Å². The van der Waals surface area contributed by atoms with Gasteiger partial charge in [-0.05, 0) is 26.2 Å². The van der Waals surface area contributed by atoms with E-state index < -0.39 is 15.6 Å². The van der Waals surface area contributed by atoms with Gasteiger partial charge in [0.2, 0.25) is 15.9 Å². The lowest BCUT2D eigenvalue weighted by molar-refractivity contribution is -0.161. The predicted molar refractivity (Wildman–Crippen MR) is 80.2 cm³/mol. The lowest BCUT2D eigenvalue weighted by Crippen LogP contribution is -2.64. The Morgan fingerprint density at radius 2 is 1.81 bits per heavy atom. The first-order valence-corrected chi connectivity index (χ1v) is 9.41. The number of β-amino-alcohol motifs (C(OH)–C–C–N with tert-alkyl or cyclic N) is 1. The summed E-state index contributed by atoms with van der Waals surface area (Å²) in [4.78, 5) is 14.1. The topological polar surface area (TPSA) is 77.9 Å². The van der Waals surface area contributed by atoms with Crippen molar-refractivity contribution in [2.45, 2.75) is 45.1 Å². The van der Waals surface area contributed by atoms with Crippen molar-refractivity contribution in [1.29, 1.82) is 0 Å². The zero-order chi connectivity index (χ0) is 15.7. The third kappa shape index (κ3) is 3.57. The van der Waals surface area contributed by atoms with Gasteiger partial charge in [-0.1, -0.05) is 13.3 Å². The molecular formula is C14H26N2O4S. The van der Waals surface area contributed by atoms with E-state index in [2.05, 4.69) is 0 Å². The molecule has 122 valence electrons. The van der Waals surface area contributed by atoms with Crippen LogP contribution < -0.4 is 0 Å². The molecule has 2 fully saturated rings. The Morgan fingerprint density at radius 1 is 1.24 bits per heavy atom. The number of rotatable bonds is 5. The molecular weight excluding hydrogens is 292 g/mol. The molecule has 2 aliphatic heterocycles. The molecule has 0 aliphatic carbocycles. The molecule has 0 atom stereocenters. The number of nitrogens with zero attached hydrogens (tertiary/aromatic N) is 2. The fourth-order valence-corrected chi connectivity index (χ4v) is 4.40. The van der Waals surface area contributed by atoms with Crippen LogP contribution in [0.25, 0.3) is 0 Å². The van der Waals surface area contributed by atoms with E-state index in [-0.39, 0.29) is 17.6 Å². The van der Waals surface area contributed by atoms with E-state index in [1.165, 1.54) is 4.31 Å². The van der Waals surface area contributed by atoms with Gasteiger partial charge in [-0.25, -0.2) is 12.7 Å². The van der Waals surface area contributed by atoms with Crippen molar-refractivity contribution >= 4 is 15.9 Å². The number of hydrogen-bond acceptors (Lipinski definition) is 4. The maximum atomic E-state index is 12.3. The molecule has 2 heterocycles. The lowest BCUT2D eigenvalue weighted by atomic mass is 9.86. The predicted octanol–water partition coefficient (Wildman–Crippen LogP) is 0.422. The van der Waals surface area contributed by atoms with Crippen molar-refractivity contribution in [3.05, 3.63) is 0 Å². The van der Waals surface area contributed by atoms with E-state index in [9.17, 15) is 18.3 Å². The van der Waals surface area contributed by atoms with Crippen LogP contribution in [-0.4, -0.2) is 66.2 Å². The Labute approximate surface area is 127 Å². The van der Waals surface area contributed by atoms with Crippen molar-refractivity contribution in [3.63, 3.8) is 0 Å². The minimum absolute atomic E-state index is 0.0734. The average Bonchev–Trinajstić information content (AvgIpc) is 2.44. The highest BCUT2D eigenvalue weighted by Crippen LogP contribution is 2.30. The Kier molecular flexibility index (Phi) is 4.95. The average molecular weight is 318 g/mol. The number of aliphatic hydroxyl groups is 1. The fourth-order valence-electron chi connectivity index (χ4n) is 3.27. The molecule has 0 unspecified atom stereocenters. The van der Waals surface area contributed by atoms with Gasteiger partial charge in [0.05, 0.1) is 24.4 Å². The van der Waals surface area contributed by atoms with Crippen molar-refractivity contribution in [2.24, 2.45) is 5.92 Å². The van der Waals surface area contributed by atoms with Gasteiger partial charge in [0, 0.05) is 19.0 Å². The molecule has 7 heteroatoms. The molecule has 0 bridgehead atoms. The minimum Gasteiger partial charge on any atom is -0.386 e. The van der Waals surface area contributed by atoms with Crippen molar-refractivity contribution in [3.8, 4) is 0 Å². The molecule has 0 spiro atoms. The second kappa shape index (κ2) is 6.22. The molecule has 2 aliphatic rings. The molecule has 21 heavy (non-hydrogen) atoms. The van der Waals surface area contributed by atoms with E-state index in [4.69, 9.17) is 0 Å². The normalized spacial score (nSPS) is 23.9. The van der Waals surface area contributed by atoms with Crippen LogP contribution in [-0.2, 0) is 14.8 Å². The third-order valence-corrected chi connectivity index (χ3v) is 6.44. The summed E-state index contributed by atoms with van der Waals surface area (Å²) in [6, 6.07) is 0. The summed E-state index contributed by atoms with van der Waals surface area (Å²) < 4.78 is 25.1. The van der Waals surface area contributed by atoms with Crippen molar-refractivity contribution in [2.75, 3.05) is 31.9 Å². The molecule has 0 aromatic heterocycles. The van der Waals surface area contributed by atoms with Crippen LogP contribution in [0.4, 0.5) is 0 Å². The van der Waals surface area contributed by atoms with Gasteiger partial charge in [-0.3, -0.25) is 4.79 Å². The number of hydrogen-bond donors (Lipinski definition) is 1. The van der Waals surface area contributed by atoms with Crippen LogP contribution in [0.15, 0.2) is 0 Å². The molecule has 0 radical (unpaired) electrons. The summed E-state index contributed by atoms with van der Waals surface area (Å²) in [7, 11) is -3.14. The zero-order valence-electron chi connectivity index (χ0n) is 12.9. The monoisotopic (exact) mass is 318 g/mol. The highest BCUT2D eigenvalue weighted by molar-refractivity contribution is 7.89. The van der Waals surface area contributed by atoms with Crippen molar-refractivity contribution in [1.82, 2.24) is 9.21 Å². The number of amides is 1. The van der Waals surface area contributed by atoms with E-state index in [0.29, 0.717) is 39.0 Å². The van der Waals surface area contributed by atoms with E-state index in [1.807, 2.05) is 6.92 Å². The quantitative estimate of drug-likeness (QED) is 0.797. The van der Waals surface area contributed by atoms with Gasteiger partial charge >= 0.3 is 0 Å². The summed E-state index contributed by atoms with van der Waals surface area (Å²) >= 11 is 0. The Morgan fingerprint density at radius 3 is 2.29 bits per heavy atom. The summed E-state index contributed by atoms with van der Waals surface area (Å²) in [5, 5.41) is 10.1. The lowest BCUT2D eigenvalue weighted by Gasteiger charge is -2.48. The number of likely N-dealkylation sites (tertiary alicyclic amines) is 1. The van der Waals surface area contributed by atoms with Crippen molar-refractivity contribution < 1.29 is 18.3 Å². The highest BCUT2D eigenvalue weighted by atomic mass is 32.2. The largest absolute Gasteiger partial charge is 0.386 e. The van der Waals surface area contributed by atoms with Gasteiger partial charge in [-0.2, -0.15) is 0 Å². The van der Waals surface area contributed by atoms with E-state index in [0.717, 1.165) is 12.8 Å². The van der Waals surface area contributed by atoms with Crippen LogP contribution in [0.1, 0.15) is 39.5 Å². The Bertz CT molecular complexity index is 477. The fraction of sp³-hybridized carbons (Fsp3) is 0.929.